The Balaban J connectivity index is 2.68. The lowest BCUT2D eigenvalue weighted by Gasteiger charge is -1.95. The molecule has 0 saturated carbocycles. The van der Waals surface area contributed by atoms with E-state index in [1.54, 1.807) is 0 Å². The van der Waals surface area contributed by atoms with Gasteiger partial charge in [0.05, 0.1) is 0 Å². The first-order valence-electron chi connectivity index (χ1n) is 3.27. The smallest absolute Gasteiger partial charge is 0.101 e. The van der Waals surface area contributed by atoms with Gasteiger partial charge in [-0.1, -0.05) is 26.5 Å². The molecule has 40 valence electrons. The van der Waals surface area contributed by atoms with Crippen LogP contribution in [-0.4, -0.2) is 14.6 Å². The van der Waals surface area contributed by atoms with E-state index in [4.69, 9.17) is 0 Å². The van der Waals surface area contributed by atoms with Gasteiger partial charge >= 0.3 is 0 Å². The molecule has 0 spiro atoms. The molecule has 0 fully saturated rings. The summed E-state index contributed by atoms with van der Waals surface area (Å²) >= 11 is 0. The Morgan fingerprint density at radius 1 is 1.43 bits per heavy atom. The predicted molar refractivity (Wildman–Crippen MR) is 40.1 cm³/mol. The molecule has 0 aliphatic rings. The molecule has 0 aromatic carbocycles. The molecule has 0 heterocycles. The quantitative estimate of drug-likeness (QED) is 0.461. The Hall–Kier alpha value is 0.130. The molecule has 7 heavy (non-hydrogen) atoms. The third-order valence-electron chi connectivity index (χ3n) is 1.14. The minimum atomic E-state index is 0.903. The van der Waals surface area contributed by atoms with Crippen molar-refractivity contribution in [1.29, 1.82) is 0 Å². The van der Waals surface area contributed by atoms with E-state index in [0.29, 0.717) is 0 Å². The minimum absolute atomic E-state index is 0.903. The monoisotopic (exact) mass is 96.1 g/mol. The van der Waals surface area contributed by atoms with Crippen LogP contribution < -0.4 is 0 Å². The Morgan fingerprint density at radius 2 is 2.00 bits per heavy atom. The first kappa shape index (κ1) is 7.13. The summed E-state index contributed by atoms with van der Waals surface area (Å²) < 4.78 is 0. The third kappa shape index (κ3) is 6.13. The van der Waals surface area contributed by atoms with Crippen molar-refractivity contribution < 1.29 is 0 Å². The molecule has 0 atom stereocenters. The molecule has 0 amide bonds. The van der Waals surface area contributed by atoms with Gasteiger partial charge < -0.3 is 0 Å². The Morgan fingerprint density at radius 3 is 2.14 bits per heavy atom. The van der Waals surface area contributed by atoms with Crippen LogP contribution in [0.5, 0.6) is 0 Å². The molecule has 0 rings (SSSR count). The van der Waals surface area contributed by atoms with Gasteiger partial charge in [0.2, 0.25) is 0 Å². The van der Waals surface area contributed by atoms with E-state index in [9.17, 15) is 0 Å². The Bertz CT molecular complexity index is 35.1. The molecule has 0 aromatic heterocycles. The maximum absolute atomic E-state index is 2.27. The third-order valence-corrected chi connectivity index (χ3v) is 1.14. The van der Waals surface area contributed by atoms with Crippen molar-refractivity contribution in [3.8, 4) is 0 Å². The molecule has 0 aliphatic carbocycles. The lowest BCUT2D eigenvalue weighted by molar-refractivity contribution is 1.06. The number of hydrogen-bond donors (Lipinski definition) is 0. The molecule has 0 aromatic rings. The lowest BCUT2D eigenvalue weighted by Crippen LogP contribution is -1.96. The first-order chi connectivity index (χ1) is 3.27. The molecular formula is C5H14B2. The van der Waals surface area contributed by atoms with Crippen molar-refractivity contribution in [3.05, 3.63) is 0 Å². The molecule has 2 heteroatoms. The molecule has 0 aliphatic heterocycles. The molecule has 0 N–H and O–H groups in total. The summed E-state index contributed by atoms with van der Waals surface area (Å²) in [5, 5.41) is 0. The van der Waals surface area contributed by atoms with E-state index in [0.717, 1.165) is 5.82 Å². The fourth-order valence-corrected chi connectivity index (χ4v) is 0.612. The summed E-state index contributed by atoms with van der Waals surface area (Å²) in [6, 6.07) is 0. The van der Waals surface area contributed by atoms with E-state index in [1.807, 2.05) is 0 Å². The predicted octanol–water partition coefficient (Wildman–Crippen LogP) is 1.11. The van der Waals surface area contributed by atoms with Crippen LogP contribution in [0.25, 0.3) is 0 Å². The zero-order chi connectivity index (χ0) is 5.70. The molecular weight excluding hydrogens is 81.7 g/mol. The van der Waals surface area contributed by atoms with Gasteiger partial charge in [-0.3, -0.25) is 0 Å². The summed E-state index contributed by atoms with van der Waals surface area (Å²) in [5.41, 5.74) is 0. The van der Waals surface area contributed by atoms with E-state index in [2.05, 4.69) is 20.7 Å². The standard InChI is InChI=1S/C5H14B2/c1-5(2)7-4-6-3/h5-7H,4H2,1-3H3. The van der Waals surface area contributed by atoms with Crippen LogP contribution in [0.2, 0.25) is 18.9 Å². The van der Waals surface area contributed by atoms with Gasteiger partial charge in [-0.25, -0.2) is 0 Å². The highest BCUT2D eigenvalue weighted by molar-refractivity contribution is 6.55. The van der Waals surface area contributed by atoms with E-state index in [-0.39, 0.29) is 0 Å². The molecule has 0 unspecified atom stereocenters. The van der Waals surface area contributed by atoms with Crippen LogP contribution >= 0.6 is 0 Å². The average molecular weight is 95.8 g/mol. The van der Waals surface area contributed by atoms with Gasteiger partial charge in [0.25, 0.3) is 0 Å². The van der Waals surface area contributed by atoms with Crippen LogP contribution in [0.1, 0.15) is 13.8 Å². The van der Waals surface area contributed by atoms with Crippen LogP contribution in [0.3, 0.4) is 0 Å². The van der Waals surface area contributed by atoms with Crippen molar-refractivity contribution in [2.45, 2.75) is 32.7 Å². The second-order valence-electron chi connectivity index (χ2n) is 2.54. The second-order valence-corrected chi connectivity index (χ2v) is 2.54. The van der Waals surface area contributed by atoms with E-state index < -0.39 is 0 Å². The summed E-state index contributed by atoms with van der Waals surface area (Å²) in [5.74, 6) is 0.903. The van der Waals surface area contributed by atoms with Crippen molar-refractivity contribution in [3.63, 3.8) is 0 Å². The largest absolute Gasteiger partial charge is 0.115 e. The summed E-state index contributed by atoms with van der Waals surface area (Å²) in [6.07, 6.45) is 1.40. The van der Waals surface area contributed by atoms with E-state index >= 15 is 0 Å². The van der Waals surface area contributed by atoms with Crippen LogP contribution in [0, 0.1) is 0 Å². The van der Waals surface area contributed by atoms with Crippen molar-refractivity contribution in [2.75, 3.05) is 0 Å². The van der Waals surface area contributed by atoms with Gasteiger partial charge in [0.1, 0.15) is 14.6 Å². The topological polar surface area (TPSA) is 0 Å². The highest BCUT2D eigenvalue weighted by Gasteiger charge is 1.92. The second kappa shape index (κ2) is 4.29. The molecule has 0 saturated heterocycles. The van der Waals surface area contributed by atoms with Gasteiger partial charge in [0, 0.05) is 0 Å². The molecule has 0 radical (unpaired) electrons. The normalized spacial score (nSPS) is 9.14. The highest BCUT2D eigenvalue weighted by Crippen LogP contribution is 1.97. The highest BCUT2D eigenvalue weighted by atomic mass is 13.7. The first-order valence-corrected chi connectivity index (χ1v) is 3.27. The number of rotatable bonds is 3. The average Bonchev–Trinajstić information content (AvgIpc) is 1.61. The molecule has 0 bridgehead atoms. The summed E-state index contributed by atoms with van der Waals surface area (Å²) in [7, 11) is 2.74. The molecule has 0 nitrogen and oxygen atoms in total. The Kier molecular flexibility index (Phi) is 4.37. The number of hydrogen-bond acceptors (Lipinski definition) is 0. The van der Waals surface area contributed by atoms with Crippen LogP contribution in [0.4, 0.5) is 0 Å². The van der Waals surface area contributed by atoms with Gasteiger partial charge in [-0.15, -0.1) is 6.22 Å². The SMILES string of the molecule is CBCBC(C)C. The van der Waals surface area contributed by atoms with E-state index in [1.165, 1.54) is 20.8 Å². The maximum Gasteiger partial charge on any atom is 0.115 e. The van der Waals surface area contributed by atoms with Crippen molar-refractivity contribution in [2.24, 2.45) is 0 Å². The summed E-state index contributed by atoms with van der Waals surface area (Å²) in [4.78, 5) is 0. The maximum atomic E-state index is 2.27. The minimum Gasteiger partial charge on any atom is -0.101 e. The zero-order valence-electron chi connectivity index (χ0n) is 5.70. The van der Waals surface area contributed by atoms with Crippen molar-refractivity contribution in [1.82, 2.24) is 0 Å². The lowest BCUT2D eigenvalue weighted by atomic mass is 9.51. The van der Waals surface area contributed by atoms with Gasteiger partial charge in [-0.05, 0) is 0 Å². The van der Waals surface area contributed by atoms with Gasteiger partial charge in [0.15, 0.2) is 0 Å². The van der Waals surface area contributed by atoms with Crippen molar-refractivity contribution >= 4 is 14.6 Å². The fourth-order valence-electron chi connectivity index (χ4n) is 0.612. The van der Waals surface area contributed by atoms with Crippen LogP contribution in [-0.2, 0) is 0 Å². The summed E-state index contributed by atoms with van der Waals surface area (Å²) in [6.45, 7) is 6.79. The van der Waals surface area contributed by atoms with Gasteiger partial charge in [-0.2, -0.15) is 0 Å². The zero-order valence-corrected chi connectivity index (χ0v) is 5.70. The Labute approximate surface area is 48.2 Å². The fraction of sp³-hybridized carbons (Fsp3) is 1.00. The van der Waals surface area contributed by atoms with Crippen LogP contribution in [0.15, 0.2) is 0 Å².